The number of phenolic OH excluding ortho intramolecular Hbond substituents is 1. The van der Waals surface area contributed by atoms with E-state index in [-0.39, 0.29) is 0 Å². The average molecular weight is 278 g/mol. The molecule has 0 saturated heterocycles. The molecule has 4 nitrogen and oxygen atoms in total. The zero-order valence-electron chi connectivity index (χ0n) is 10.7. The fourth-order valence-electron chi connectivity index (χ4n) is 1.81. The van der Waals surface area contributed by atoms with Crippen LogP contribution in [0.1, 0.15) is 18.2 Å². The maximum absolute atomic E-state index is 9.67. The minimum atomic E-state index is 0.312. The Kier molecular flexibility index (Phi) is 4.58. The standard InChI is InChI=1S/C14H16ClN3O/c1-2-11-13(15)14(18-9-17-11)16-8-7-10-5-3-4-6-12(10)19/h3-6,9,19H,2,7-8H2,1H3,(H,16,17,18). The Morgan fingerprint density at radius 3 is 2.79 bits per heavy atom. The number of para-hydroxylation sites is 1. The number of halogens is 1. The van der Waals surface area contributed by atoms with Crippen LogP contribution >= 0.6 is 11.6 Å². The van der Waals surface area contributed by atoms with Crippen LogP contribution in [0.5, 0.6) is 5.75 Å². The van der Waals surface area contributed by atoms with Crippen molar-refractivity contribution in [3.8, 4) is 5.75 Å². The second kappa shape index (κ2) is 6.38. The molecule has 0 fully saturated rings. The van der Waals surface area contributed by atoms with Crippen LogP contribution in [0.3, 0.4) is 0 Å². The van der Waals surface area contributed by atoms with Crippen LogP contribution in [0.15, 0.2) is 30.6 Å². The van der Waals surface area contributed by atoms with Crippen molar-refractivity contribution in [1.29, 1.82) is 0 Å². The zero-order chi connectivity index (χ0) is 13.7. The summed E-state index contributed by atoms with van der Waals surface area (Å²) in [6.45, 7) is 2.65. The van der Waals surface area contributed by atoms with Gasteiger partial charge in [0.25, 0.3) is 0 Å². The Hall–Kier alpha value is -1.81. The van der Waals surface area contributed by atoms with Gasteiger partial charge in [-0.05, 0) is 24.5 Å². The van der Waals surface area contributed by atoms with Gasteiger partial charge in [0.15, 0.2) is 0 Å². The summed E-state index contributed by atoms with van der Waals surface area (Å²) < 4.78 is 0. The Morgan fingerprint density at radius 2 is 2.05 bits per heavy atom. The summed E-state index contributed by atoms with van der Waals surface area (Å²) in [5.74, 6) is 0.955. The van der Waals surface area contributed by atoms with Crippen molar-refractivity contribution < 1.29 is 5.11 Å². The van der Waals surface area contributed by atoms with Gasteiger partial charge in [0.05, 0.1) is 5.69 Å². The van der Waals surface area contributed by atoms with Crippen molar-refractivity contribution in [1.82, 2.24) is 9.97 Å². The normalized spacial score (nSPS) is 10.4. The molecule has 0 aliphatic carbocycles. The molecule has 1 aromatic carbocycles. The number of rotatable bonds is 5. The maximum Gasteiger partial charge on any atom is 0.148 e. The molecule has 0 aliphatic rings. The number of nitrogens with one attached hydrogen (secondary N) is 1. The lowest BCUT2D eigenvalue weighted by Crippen LogP contribution is -2.08. The molecule has 100 valence electrons. The molecule has 0 saturated carbocycles. The van der Waals surface area contributed by atoms with Gasteiger partial charge in [-0.25, -0.2) is 9.97 Å². The Balaban J connectivity index is 1.98. The van der Waals surface area contributed by atoms with Gasteiger partial charge in [0, 0.05) is 6.54 Å². The van der Waals surface area contributed by atoms with Crippen LogP contribution in [0.25, 0.3) is 0 Å². The highest BCUT2D eigenvalue weighted by atomic mass is 35.5. The van der Waals surface area contributed by atoms with E-state index in [2.05, 4.69) is 15.3 Å². The average Bonchev–Trinajstić information content (AvgIpc) is 2.43. The Labute approximate surface area is 117 Å². The third kappa shape index (κ3) is 3.35. The van der Waals surface area contributed by atoms with Crippen molar-refractivity contribution >= 4 is 17.4 Å². The Bertz CT molecular complexity index is 560. The lowest BCUT2D eigenvalue weighted by Gasteiger charge is -2.09. The molecule has 2 aromatic rings. The van der Waals surface area contributed by atoms with Crippen molar-refractivity contribution in [2.75, 3.05) is 11.9 Å². The SMILES string of the molecule is CCc1ncnc(NCCc2ccccc2O)c1Cl. The highest BCUT2D eigenvalue weighted by Crippen LogP contribution is 2.22. The van der Waals surface area contributed by atoms with Gasteiger partial charge >= 0.3 is 0 Å². The third-order valence-electron chi connectivity index (χ3n) is 2.87. The molecule has 0 unspecified atom stereocenters. The summed E-state index contributed by atoms with van der Waals surface area (Å²) >= 11 is 6.19. The van der Waals surface area contributed by atoms with Crippen molar-refractivity contribution in [3.63, 3.8) is 0 Å². The van der Waals surface area contributed by atoms with Gasteiger partial charge in [0.2, 0.25) is 0 Å². The number of benzene rings is 1. The number of aromatic hydroxyl groups is 1. The van der Waals surface area contributed by atoms with E-state index in [4.69, 9.17) is 11.6 Å². The van der Waals surface area contributed by atoms with E-state index < -0.39 is 0 Å². The predicted molar refractivity (Wildman–Crippen MR) is 76.7 cm³/mol. The van der Waals surface area contributed by atoms with Crippen LogP contribution < -0.4 is 5.32 Å². The van der Waals surface area contributed by atoms with Crippen LogP contribution in [0.4, 0.5) is 5.82 Å². The second-order valence-electron chi connectivity index (χ2n) is 4.14. The van der Waals surface area contributed by atoms with E-state index >= 15 is 0 Å². The van der Waals surface area contributed by atoms with Gasteiger partial charge in [-0.1, -0.05) is 36.7 Å². The largest absolute Gasteiger partial charge is 0.508 e. The number of anilines is 1. The van der Waals surface area contributed by atoms with Gasteiger partial charge in [-0.15, -0.1) is 0 Å². The van der Waals surface area contributed by atoms with Gasteiger partial charge in [-0.3, -0.25) is 0 Å². The summed E-state index contributed by atoms with van der Waals surface area (Å²) in [5, 5.41) is 13.4. The van der Waals surface area contributed by atoms with E-state index in [1.54, 1.807) is 12.1 Å². The number of aryl methyl sites for hydroxylation is 1. The number of hydrogen-bond donors (Lipinski definition) is 2. The van der Waals surface area contributed by atoms with E-state index in [0.29, 0.717) is 29.6 Å². The van der Waals surface area contributed by atoms with E-state index in [0.717, 1.165) is 17.7 Å². The highest BCUT2D eigenvalue weighted by molar-refractivity contribution is 6.33. The molecule has 19 heavy (non-hydrogen) atoms. The molecule has 1 aromatic heterocycles. The first-order chi connectivity index (χ1) is 9.22. The minimum Gasteiger partial charge on any atom is -0.508 e. The van der Waals surface area contributed by atoms with Crippen molar-refractivity contribution in [2.24, 2.45) is 0 Å². The molecule has 0 bridgehead atoms. The second-order valence-corrected chi connectivity index (χ2v) is 4.52. The molecule has 0 atom stereocenters. The fraction of sp³-hybridized carbons (Fsp3) is 0.286. The summed E-state index contributed by atoms with van der Waals surface area (Å²) in [4.78, 5) is 8.24. The molecular weight excluding hydrogens is 262 g/mol. The smallest absolute Gasteiger partial charge is 0.148 e. The van der Waals surface area contributed by atoms with Gasteiger partial charge in [0.1, 0.15) is 22.9 Å². The topological polar surface area (TPSA) is 58.0 Å². The molecule has 1 heterocycles. The lowest BCUT2D eigenvalue weighted by molar-refractivity contribution is 0.468. The molecule has 5 heteroatoms. The molecule has 0 spiro atoms. The third-order valence-corrected chi connectivity index (χ3v) is 3.27. The first-order valence-electron chi connectivity index (χ1n) is 6.22. The number of nitrogens with zero attached hydrogens (tertiary/aromatic N) is 2. The van der Waals surface area contributed by atoms with Crippen LogP contribution in [-0.2, 0) is 12.8 Å². The quantitative estimate of drug-likeness (QED) is 0.882. The molecule has 0 aliphatic heterocycles. The maximum atomic E-state index is 9.67. The molecule has 0 radical (unpaired) electrons. The van der Waals surface area contributed by atoms with Crippen LogP contribution in [0.2, 0.25) is 5.02 Å². The monoisotopic (exact) mass is 277 g/mol. The molecule has 0 amide bonds. The van der Waals surface area contributed by atoms with Crippen molar-refractivity contribution in [3.05, 3.63) is 46.9 Å². The number of phenols is 1. The van der Waals surface area contributed by atoms with E-state index in [1.807, 2.05) is 19.1 Å². The first-order valence-corrected chi connectivity index (χ1v) is 6.60. The summed E-state index contributed by atoms with van der Waals surface area (Å²) in [6.07, 6.45) is 2.98. The van der Waals surface area contributed by atoms with Gasteiger partial charge < -0.3 is 10.4 Å². The predicted octanol–water partition coefficient (Wildman–Crippen LogP) is 3.05. The molecule has 2 N–H and O–H groups in total. The summed E-state index contributed by atoms with van der Waals surface area (Å²) in [5.41, 5.74) is 1.73. The molecular formula is C14H16ClN3O. The number of aromatic nitrogens is 2. The zero-order valence-corrected chi connectivity index (χ0v) is 11.5. The lowest BCUT2D eigenvalue weighted by atomic mass is 10.1. The van der Waals surface area contributed by atoms with E-state index in [9.17, 15) is 5.11 Å². The highest BCUT2D eigenvalue weighted by Gasteiger charge is 2.07. The van der Waals surface area contributed by atoms with E-state index in [1.165, 1.54) is 6.33 Å². The minimum absolute atomic E-state index is 0.312. The van der Waals surface area contributed by atoms with Crippen LogP contribution in [0, 0.1) is 0 Å². The van der Waals surface area contributed by atoms with Gasteiger partial charge in [-0.2, -0.15) is 0 Å². The summed E-state index contributed by atoms with van der Waals surface area (Å²) in [6, 6.07) is 7.29. The summed E-state index contributed by atoms with van der Waals surface area (Å²) in [7, 11) is 0. The molecule has 2 rings (SSSR count). The first kappa shape index (κ1) is 13.6. The van der Waals surface area contributed by atoms with Crippen LogP contribution in [-0.4, -0.2) is 21.6 Å². The fourth-order valence-corrected chi connectivity index (χ4v) is 2.11. The van der Waals surface area contributed by atoms with Crippen molar-refractivity contribution in [2.45, 2.75) is 19.8 Å². The Morgan fingerprint density at radius 1 is 1.26 bits per heavy atom. The number of hydrogen-bond acceptors (Lipinski definition) is 4.